The SMILES string of the molecule is CCOc1nc2cccc(C(=O)O)c2n1Cc1ccc(-c2ccccc2-c2nnn(C(=O)OCCCON(O)O)n2)cc1. The number of benzene rings is 3. The molecule has 2 aromatic heterocycles. The summed E-state index contributed by atoms with van der Waals surface area (Å²) in [7, 11) is 0. The number of nitrogens with zero attached hydrogens (tertiary/aromatic N) is 7. The van der Waals surface area contributed by atoms with Crippen LogP contribution in [0.25, 0.3) is 33.5 Å². The molecule has 3 aromatic carbocycles. The van der Waals surface area contributed by atoms with Crippen molar-refractivity contribution in [2.24, 2.45) is 0 Å². The number of hydrogen-bond acceptors (Lipinski definition) is 12. The highest BCUT2D eigenvalue weighted by atomic mass is 17.1. The first-order valence-corrected chi connectivity index (χ1v) is 13.2. The van der Waals surface area contributed by atoms with E-state index >= 15 is 0 Å². The number of para-hydroxylation sites is 1. The second-order valence-electron chi connectivity index (χ2n) is 9.09. The fourth-order valence-electron chi connectivity index (χ4n) is 4.45. The molecule has 15 nitrogen and oxygen atoms in total. The van der Waals surface area contributed by atoms with Crippen molar-refractivity contribution < 1.29 is 39.4 Å². The minimum Gasteiger partial charge on any atom is -0.478 e. The maximum atomic E-state index is 12.3. The van der Waals surface area contributed by atoms with Crippen molar-refractivity contribution in [2.45, 2.75) is 19.9 Å². The Hall–Kier alpha value is -5.22. The molecule has 0 aliphatic carbocycles. The van der Waals surface area contributed by atoms with Gasteiger partial charge < -0.3 is 14.6 Å². The molecular weight excluding hydrogens is 562 g/mol. The van der Waals surface area contributed by atoms with Crippen molar-refractivity contribution in [2.75, 3.05) is 19.8 Å². The smallest absolute Gasteiger partial charge is 0.453 e. The van der Waals surface area contributed by atoms with Gasteiger partial charge in [0, 0.05) is 12.0 Å². The summed E-state index contributed by atoms with van der Waals surface area (Å²) >= 11 is 0. The van der Waals surface area contributed by atoms with Crippen LogP contribution in [0.3, 0.4) is 0 Å². The average molecular weight is 590 g/mol. The van der Waals surface area contributed by atoms with Crippen LogP contribution in [-0.2, 0) is 16.1 Å². The number of carboxylic acid groups (broad SMARTS) is 1. The van der Waals surface area contributed by atoms with Gasteiger partial charge in [-0.3, -0.25) is 19.8 Å². The number of carbonyl (C=O) groups excluding carboxylic acids is 1. The second-order valence-corrected chi connectivity index (χ2v) is 9.09. The molecule has 0 atom stereocenters. The molecule has 0 aliphatic heterocycles. The van der Waals surface area contributed by atoms with Gasteiger partial charge in [0.25, 0.3) is 6.01 Å². The molecule has 0 spiro atoms. The first kappa shape index (κ1) is 29.3. The Bertz CT molecular complexity index is 1730. The number of aromatic carboxylic acids is 1. The number of imidazole rings is 1. The Balaban J connectivity index is 1.35. The molecular formula is C28H27N7O8. The molecule has 0 radical (unpaired) electrons. The second kappa shape index (κ2) is 13.2. The molecule has 0 unspecified atom stereocenters. The predicted molar refractivity (Wildman–Crippen MR) is 148 cm³/mol. The van der Waals surface area contributed by atoms with Crippen LogP contribution in [0.1, 0.15) is 29.3 Å². The number of carbonyl (C=O) groups is 2. The van der Waals surface area contributed by atoms with Crippen LogP contribution >= 0.6 is 0 Å². The van der Waals surface area contributed by atoms with E-state index in [1.165, 1.54) is 0 Å². The molecule has 0 saturated carbocycles. The minimum absolute atomic E-state index is 0.0645. The summed E-state index contributed by atoms with van der Waals surface area (Å²) in [4.78, 5) is 33.8. The lowest BCUT2D eigenvalue weighted by atomic mass is 9.98. The van der Waals surface area contributed by atoms with E-state index in [2.05, 4.69) is 25.2 Å². The van der Waals surface area contributed by atoms with Crippen molar-refractivity contribution in [1.82, 2.24) is 35.1 Å². The number of tetrazole rings is 1. The largest absolute Gasteiger partial charge is 0.478 e. The van der Waals surface area contributed by atoms with Gasteiger partial charge in [-0.1, -0.05) is 59.4 Å². The molecule has 5 rings (SSSR count). The molecule has 0 bridgehead atoms. The van der Waals surface area contributed by atoms with Gasteiger partial charge in [0.15, 0.2) is 0 Å². The molecule has 0 saturated heterocycles. The molecule has 5 aromatic rings. The maximum Gasteiger partial charge on any atom is 0.453 e. The molecule has 0 fully saturated rings. The van der Waals surface area contributed by atoms with Crippen molar-refractivity contribution in [3.05, 3.63) is 77.9 Å². The highest BCUT2D eigenvalue weighted by Crippen LogP contribution is 2.31. The van der Waals surface area contributed by atoms with Crippen LogP contribution in [0.2, 0.25) is 0 Å². The standard InChI is InChI=1S/C28H27N7O8/c1-2-41-27-29-23-10-5-9-22(26(36)37)24(23)33(27)17-18-11-13-19(14-12-18)20-7-3-4-8-21(20)25-30-32-34(31-25)28(38)42-15-6-16-43-35(39)40/h3-5,7-14,39-40H,2,6,15-17H2,1H3,(H,36,37). The predicted octanol–water partition coefficient (Wildman–Crippen LogP) is 3.89. The number of rotatable bonds is 12. The van der Waals surface area contributed by atoms with E-state index < -0.39 is 17.5 Å². The number of carboxylic acids is 1. The Labute approximate surface area is 243 Å². The quantitative estimate of drug-likeness (QED) is 0.141. The lowest BCUT2D eigenvalue weighted by molar-refractivity contribution is -0.492. The Morgan fingerprint density at radius 1 is 0.953 bits per heavy atom. The van der Waals surface area contributed by atoms with Gasteiger partial charge in [0.2, 0.25) is 5.82 Å². The van der Waals surface area contributed by atoms with Gasteiger partial charge in [0.05, 0.1) is 48.4 Å². The Kier molecular flexibility index (Phi) is 8.97. The van der Waals surface area contributed by atoms with Crippen LogP contribution in [0.15, 0.2) is 66.7 Å². The third-order valence-corrected chi connectivity index (χ3v) is 6.31. The maximum absolute atomic E-state index is 12.3. The van der Waals surface area contributed by atoms with Crippen LogP contribution in [0.4, 0.5) is 4.79 Å². The summed E-state index contributed by atoms with van der Waals surface area (Å²) in [6.45, 7) is 2.40. The first-order chi connectivity index (χ1) is 20.9. The zero-order valence-electron chi connectivity index (χ0n) is 22.9. The lowest BCUT2D eigenvalue weighted by Crippen LogP contribution is -2.19. The van der Waals surface area contributed by atoms with Gasteiger partial charge in [0.1, 0.15) is 0 Å². The lowest BCUT2D eigenvalue weighted by Gasteiger charge is -2.12. The van der Waals surface area contributed by atoms with Crippen LogP contribution in [0, 0.1) is 0 Å². The van der Waals surface area contributed by atoms with E-state index in [0.717, 1.165) is 21.5 Å². The monoisotopic (exact) mass is 589 g/mol. The number of aromatic nitrogens is 6. The Morgan fingerprint density at radius 2 is 1.72 bits per heavy atom. The fourth-order valence-corrected chi connectivity index (χ4v) is 4.45. The minimum atomic E-state index is -1.05. The topological polar surface area (TPSA) is 187 Å². The highest BCUT2D eigenvalue weighted by molar-refractivity contribution is 6.01. The fraction of sp³-hybridized carbons (Fsp3) is 0.214. The van der Waals surface area contributed by atoms with E-state index in [-0.39, 0.29) is 31.0 Å². The highest BCUT2D eigenvalue weighted by Gasteiger charge is 2.20. The van der Waals surface area contributed by atoms with E-state index in [0.29, 0.717) is 35.8 Å². The van der Waals surface area contributed by atoms with Crippen molar-refractivity contribution >= 4 is 23.1 Å². The van der Waals surface area contributed by atoms with E-state index in [4.69, 9.17) is 19.9 Å². The van der Waals surface area contributed by atoms with Gasteiger partial charge in [-0.2, -0.15) is 4.98 Å². The zero-order chi connectivity index (χ0) is 30.3. The number of ether oxygens (including phenoxy) is 2. The summed E-state index contributed by atoms with van der Waals surface area (Å²) in [5, 5.41) is 38.3. The van der Waals surface area contributed by atoms with Gasteiger partial charge >= 0.3 is 12.1 Å². The van der Waals surface area contributed by atoms with Crippen LogP contribution in [0.5, 0.6) is 6.01 Å². The third-order valence-electron chi connectivity index (χ3n) is 6.31. The van der Waals surface area contributed by atoms with Gasteiger partial charge in [-0.15, -0.1) is 10.2 Å². The molecule has 222 valence electrons. The van der Waals surface area contributed by atoms with Crippen molar-refractivity contribution in [1.29, 1.82) is 0 Å². The van der Waals surface area contributed by atoms with Crippen LogP contribution < -0.4 is 4.74 Å². The van der Waals surface area contributed by atoms with Gasteiger partial charge in [-0.05, 0) is 41.0 Å². The number of fused-ring (bicyclic) bond motifs is 1. The number of hydrogen-bond donors (Lipinski definition) is 3. The van der Waals surface area contributed by atoms with Gasteiger partial charge in [-0.25, -0.2) is 9.59 Å². The summed E-state index contributed by atoms with van der Waals surface area (Å²) in [6.07, 6.45) is -0.649. The molecule has 3 N–H and O–H groups in total. The molecule has 0 amide bonds. The molecule has 15 heteroatoms. The first-order valence-electron chi connectivity index (χ1n) is 13.2. The molecule has 43 heavy (non-hydrogen) atoms. The summed E-state index contributed by atoms with van der Waals surface area (Å²) in [5.74, 6) is -0.837. The van der Waals surface area contributed by atoms with Crippen LogP contribution in [-0.4, -0.2) is 82.6 Å². The van der Waals surface area contributed by atoms with E-state index in [1.54, 1.807) is 22.8 Å². The molecule has 2 heterocycles. The van der Waals surface area contributed by atoms with Crippen molar-refractivity contribution in [3.8, 4) is 28.5 Å². The van der Waals surface area contributed by atoms with E-state index in [1.807, 2.05) is 55.5 Å². The summed E-state index contributed by atoms with van der Waals surface area (Å²) in [6, 6.07) is 20.4. The molecule has 0 aliphatic rings. The van der Waals surface area contributed by atoms with Crippen molar-refractivity contribution in [3.63, 3.8) is 0 Å². The average Bonchev–Trinajstić information content (AvgIpc) is 3.63. The zero-order valence-corrected chi connectivity index (χ0v) is 22.9. The normalized spacial score (nSPS) is 11.3. The summed E-state index contributed by atoms with van der Waals surface area (Å²) in [5.41, 5.74) is 4.34. The Morgan fingerprint density at radius 3 is 2.44 bits per heavy atom. The van der Waals surface area contributed by atoms with E-state index in [9.17, 15) is 14.7 Å². The summed E-state index contributed by atoms with van der Waals surface area (Å²) < 4.78 is 12.5. The third kappa shape index (κ3) is 6.65.